The summed E-state index contributed by atoms with van der Waals surface area (Å²) in [5.74, 6) is 1.85. The van der Waals surface area contributed by atoms with Crippen LogP contribution in [-0.2, 0) is 24.2 Å². The van der Waals surface area contributed by atoms with Crippen molar-refractivity contribution in [1.82, 2.24) is 15.5 Å². The highest BCUT2D eigenvalue weighted by Gasteiger charge is 2.20. The zero-order valence-electron chi connectivity index (χ0n) is 18.6. The van der Waals surface area contributed by atoms with Crippen LogP contribution in [0.5, 0.6) is 5.75 Å². The molecule has 2 N–H and O–H groups in total. The molecule has 1 aromatic carbocycles. The van der Waals surface area contributed by atoms with E-state index in [1.165, 1.54) is 16.0 Å². The quantitative estimate of drug-likeness (QED) is 0.296. The minimum atomic E-state index is 0. The third-order valence-electron chi connectivity index (χ3n) is 5.28. The van der Waals surface area contributed by atoms with Crippen LogP contribution in [0.4, 0.5) is 0 Å². The summed E-state index contributed by atoms with van der Waals surface area (Å²) in [6, 6.07) is 8.42. The number of thiophene rings is 1. The maximum Gasteiger partial charge on any atom is 0.224 e. The summed E-state index contributed by atoms with van der Waals surface area (Å²) in [6.45, 7) is 7.67. The van der Waals surface area contributed by atoms with Crippen LogP contribution in [0.25, 0.3) is 0 Å². The lowest BCUT2D eigenvalue weighted by molar-refractivity contribution is -0.131. The average Bonchev–Trinajstić information content (AvgIpc) is 3.22. The van der Waals surface area contributed by atoms with Crippen LogP contribution < -0.4 is 15.4 Å². The molecule has 0 atom stereocenters. The number of carbonyl (C=O) groups excluding carboxylic acids is 1. The number of hydrogen-bond donors (Lipinski definition) is 2. The first-order valence-electron chi connectivity index (χ1n) is 10.6. The normalized spacial score (nSPS) is 13.3. The zero-order chi connectivity index (χ0) is 21.3. The number of methoxy groups -OCH3 is 1. The Balaban J connectivity index is 0.00000341. The number of hydrogen-bond acceptors (Lipinski definition) is 4. The highest BCUT2D eigenvalue weighted by Crippen LogP contribution is 2.24. The van der Waals surface area contributed by atoms with Gasteiger partial charge in [0.25, 0.3) is 0 Å². The van der Waals surface area contributed by atoms with Gasteiger partial charge in [0.1, 0.15) is 5.75 Å². The number of aryl methyl sites for hydroxylation is 1. The van der Waals surface area contributed by atoms with Crippen LogP contribution in [0, 0.1) is 6.92 Å². The van der Waals surface area contributed by atoms with E-state index in [-0.39, 0.29) is 29.9 Å². The number of ether oxygens (including phenoxy) is 1. The summed E-state index contributed by atoms with van der Waals surface area (Å²) in [6.07, 6.45) is 2.28. The molecule has 170 valence electrons. The Morgan fingerprint density at radius 1 is 1.29 bits per heavy atom. The molecule has 2 aromatic rings. The van der Waals surface area contributed by atoms with E-state index in [0.29, 0.717) is 13.0 Å². The summed E-state index contributed by atoms with van der Waals surface area (Å²) in [7, 11) is 1.70. The van der Waals surface area contributed by atoms with Crippen molar-refractivity contribution in [1.29, 1.82) is 0 Å². The fourth-order valence-corrected chi connectivity index (χ4v) is 4.46. The standard InChI is InChI=1S/C23H32N4O2S.HI/c1-4-24-23(25-11-7-18-6-5-17(2)20(15-18)29-3)26-12-8-22(28)27-13-9-21-19(16-27)10-14-30-21;/h5-6,10,14-15H,4,7-9,11-13,16H2,1-3H3,(H2,24,25,26);1H. The van der Waals surface area contributed by atoms with Gasteiger partial charge in [-0.15, -0.1) is 35.3 Å². The summed E-state index contributed by atoms with van der Waals surface area (Å²) in [5.41, 5.74) is 3.65. The van der Waals surface area contributed by atoms with Gasteiger partial charge in [0.15, 0.2) is 5.96 Å². The smallest absolute Gasteiger partial charge is 0.224 e. The third kappa shape index (κ3) is 7.38. The Morgan fingerprint density at radius 2 is 2.13 bits per heavy atom. The molecule has 1 aliphatic heterocycles. The third-order valence-corrected chi connectivity index (χ3v) is 6.30. The lowest BCUT2D eigenvalue weighted by Gasteiger charge is -2.26. The fraction of sp³-hybridized carbons (Fsp3) is 0.478. The van der Waals surface area contributed by atoms with Crippen LogP contribution in [0.15, 0.2) is 34.6 Å². The van der Waals surface area contributed by atoms with E-state index >= 15 is 0 Å². The molecule has 8 heteroatoms. The van der Waals surface area contributed by atoms with E-state index in [0.717, 1.165) is 56.3 Å². The van der Waals surface area contributed by atoms with Crippen molar-refractivity contribution in [2.24, 2.45) is 4.99 Å². The Hall–Kier alpha value is -1.81. The van der Waals surface area contributed by atoms with Gasteiger partial charge in [-0.3, -0.25) is 9.79 Å². The summed E-state index contributed by atoms with van der Waals surface area (Å²) in [5, 5.41) is 8.73. The van der Waals surface area contributed by atoms with Crippen molar-refractivity contribution in [3.63, 3.8) is 0 Å². The maximum atomic E-state index is 12.6. The van der Waals surface area contributed by atoms with Gasteiger partial charge >= 0.3 is 0 Å². The van der Waals surface area contributed by atoms with Gasteiger partial charge in [0.05, 0.1) is 13.7 Å². The maximum absolute atomic E-state index is 12.6. The average molecular weight is 557 g/mol. The number of nitrogens with one attached hydrogen (secondary N) is 2. The number of benzene rings is 1. The summed E-state index contributed by atoms with van der Waals surface area (Å²) < 4.78 is 5.40. The molecule has 0 unspecified atom stereocenters. The minimum absolute atomic E-state index is 0. The van der Waals surface area contributed by atoms with E-state index in [1.807, 2.05) is 18.7 Å². The Labute approximate surface area is 206 Å². The number of carbonyl (C=O) groups is 1. The van der Waals surface area contributed by atoms with E-state index in [9.17, 15) is 4.79 Å². The second-order valence-corrected chi connectivity index (χ2v) is 8.43. The van der Waals surface area contributed by atoms with Gasteiger partial charge in [-0.2, -0.15) is 0 Å². The molecule has 0 saturated heterocycles. The van der Waals surface area contributed by atoms with Gasteiger partial charge in [-0.25, -0.2) is 0 Å². The lowest BCUT2D eigenvalue weighted by Crippen LogP contribution is -2.39. The van der Waals surface area contributed by atoms with Crippen LogP contribution in [0.3, 0.4) is 0 Å². The molecule has 3 rings (SSSR count). The van der Waals surface area contributed by atoms with Crippen molar-refractivity contribution in [2.45, 2.75) is 39.7 Å². The highest BCUT2D eigenvalue weighted by molar-refractivity contribution is 14.0. The lowest BCUT2D eigenvalue weighted by atomic mass is 10.1. The molecule has 0 saturated carbocycles. The second kappa shape index (κ2) is 12.9. The molecule has 31 heavy (non-hydrogen) atoms. The van der Waals surface area contributed by atoms with Crippen molar-refractivity contribution >= 4 is 47.2 Å². The Bertz CT molecular complexity index is 884. The van der Waals surface area contributed by atoms with Crippen LogP contribution >= 0.6 is 35.3 Å². The van der Waals surface area contributed by atoms with Crippen molar-refractivity contribution < 1.29 is 9.53 Å². The minimum Gasteiger partial charge on any atom is -0.496 e. The van der Waals surface area contributed by atoms with Crippen LogP contribution in [-0.4, -0.2) is 50.1 Å². The second-order valence-electron chi connectivity index (χ2n) is 7.43. The molecular weight excluding hydrogens is 523 g/mol. The zero-order valence-corrected chi connectivity index (χ0v) is 21.7. The van der Waals surface area contributed by atoms with Crippen LogP contribution in [0.1, 0.15) is 34.9 Å². The number of fused-ring (bicyclic) bond motifs is 1. The molecule has 1 aliphatic rings. The predicted octanol–water partition coefficient (Wildman–Crippen LogP) is 3.76. The van der Waals surface area contributed by atoms with E-state index in [2.05, 4.69) is 45.3 Å². The van der Waals surface area contributed by atoms with Gasteiger partial charge in [-0.1, -0.05) is 12.1 Å². The van der Waals surface area contributed by atoms with Gasteiger partial charge < -0.3 is 20.3 Å². The largest absolute Gasteiger partial charge is 0.496 e. The molecule has 2 heterocycles. The monoisotopic (exact) mass is 556 g/mol. The molecule has 1 aromatic heterocycles. The van der Waals surface area contributed by atoms with Gasteiger partial charge in [-0.05, 0) is 60.9 Å². The summed E-state index contributed by atoms with van der Waals surface area (Å²) in [4.78, 5) is 20.5. The van der Waals surface area contributed by atoms with Crippen molar-refractivity contribution in [3.8, 4) is 5.75 Å². The topological polar surface area (TPSA) is 66.0 Å². The first kappa shape index (κ1) is 25.5. The van der Waals surface area contributed by atoms with E-state index < -0.39 is 0 Å². The van der Waals surface area contributed by atoms with Crippen molar-refractivity contribution in [2.75, 3.05) is 33.3 Å². The predicted molar refractivity (Wildman–Crippen MR) is 139 cm³/mol. The Morgan fingerprint density at radius 3 is 2.90 bits per heavy atom. The van der Waals surface area contributed by atoms with Crippen LogP contribution in [0.2, 0.25) is 0 Å². The van der Waals surface area contributed by atoms with Gasteiger partial charge in [0.2, 0.25) is 5.91 Å². The highest BCUT2D eigenvalue weighted by atomic mass is 127. The Kier molecular flexibility index (Phi) is 10.6. The molecule has 0 radical (unpaired) electrons. The molecule has 0 spiro atoms. The number of rotatable bonds is 8. The fourth-order valence-electron chi connectivity index (χ4n) is 3.57. The number of aliphatic imine (C=N–C) groups is 1. The molecule has 0 bridgehead atoms. The number of halogens is 1. The van der Waals surface area contributed by atoms with E-state index in [1.54, 1.807) is 18.4 Å². The SMILES string of the molecule is CCNC(=NCCC(=O)N1CCc2sccc2C1)NCCc1ccc(C)c(OC)c1.I. The number of amides is 1. The molecular formula is C23H33IN4O2S. The molecule has 6 nitrogen and oxygen atoms in total. The van der Waals surface area contributed by atoms with Gasteiger partial charge in [0, 0.05) is 37.5 Å². The first-order chi connectivity index (χ1) is 14.6. The number of nitrogens with zero attached hydrogens (tertiary/aromatic N) is 2. The molecule has 0 aliphatic carbocycles. The number of guanidine groups is 1. The summed E-state index contributed by atoms with van der Waals surface area (Å²) >= 11 is 1.79. The molecule has 0 fully saturated rings. The molecule has 1 amide bonds. The van der Waals surface area contributed by atoms with Crippen molar-refractivity contribution in [3.05, 3.63) is 51.2 Å². The first-order valence-corrected chi connectivity index (χ1v) is 11.5. The van der Waals surface area contributed by atoms with E-state index in [4.69, 9.17) is 4.74 Å².